The Balaban J connectivity index is 1.79. The van der Waals surface area contributed by atoms with E-state index in [0.717, 1.165) is 6.42 Å². The number of fused-ring (bicyclic) bond motifs is 5. The first-order valence-corrected chi connectivity index (χ1v) is 7.30. The number of nitrogens with zero attached hydrogens (tertiary/aromatic N) is 2. The molecule has 2 fully saturated rings. The number of carbonyl (C=O) groups is 2. The van der Waals surface area contributed by atoms with Gasteiger partial charge in [0, 0.05) is 12.1 Å². The molecular formula is C16H14N2O4. The summed E-state index contributed by atoms with van der Waals surface area (Å²) in [6.45, 7) is 1.75. The molecular weight excluding hydrogens is 284 g/mol. The number of nitro benzene ring substituents is 1. The number of non-ortho nitro benzene ring substituents is 1. The van der Waals surface area contributed by atoms with Crippen LogP contribution >= 0.6 is 0 Å². The fourth-order valence-corrected chi connectivity index (χ4v) is 4.09. The molecule has 1 saturated heterocycles. The SMILES string of the molecule is Cc1ccc([N+](=O)[O-])cc1N1C(=O)[C@H]2[C@H](C1=O)[C@H]1C=C[C@H]2C1. The predicted octanol–water partition coefficient (Wildman–Crippen LogP) is 2.21. The Bertz CT molecular complexity index is 725. The lowest BCUT2D eigenvalue weighted by atomic mass is 9.85. The van der Waals surface area contributed by atoms with E-state index in [0.29, 0.717) is 11.3 Å². The van der Waals surface area contributed by atoms with Gasteiger partial charge in [-0.25, -0.2) is 4.90 Å². The van der Waals surface area contributed by atoms with Crippen LogP contribution in [-0.4, -0.2) is 16.7 Å². The smallest absolute Gasteiger partial charge is 0.271 e. The van der Waals surface area contributed by atoms with E-state index in [2.05, 4.69) is 0 Å². The molecule has 1 saturated carbocycles. The van der Waals surface area contributed by atoms with Gasteiger partial charge in [-0.05, 0) is 30.7 Å². The average Bonchev–Trinajstić information content (AvgIpc) is 3.14. The number of benzene rings is 1. The van der Waals surface area contributed by atoms with Gasteiger partial charge in [-0.3, -0.25) is 19.7 Å². The van der Waals surface area contributed by atoms with E-state index in [1.54, 1.807) is 13.0 Å². The van der Waals surface area contributed by atoms with Gasteiger partial charge in [0.05, 0.1) is 22.4 Å². The Morgan fingerprint density at radius 2 is 1.73 bits per heavy atom. The normalized spacial score (nSPS) is 32.0. The van der Waals surface area contributed by atoms with Crippen LogP contribution in [0.1, 0.15) is 12.0 Å². The number of imide groups is 1. The standard InChI is InChI=1S/C16H14N2O4/c1-8-2-5-11(18(21)22)7-12(8)17-15(19)13-9-3-4-10(6-9)14(13)16(17)20/h2-5,7,9-10,13-14H,6H2,1H3/t9-,10-,13+,14+/m0/s1. The molecule has 1 aromatic carbocycles. The molecule has 1 aliphatic heterocycles. The summed E-state index contributed by atoms with van der Waals surface area (Å²) in [5.74, 6) is -0.737. The minimum atomic E-state index is -0.514. The third-order valence-electron chi connectivity index (χ3n) is 5.11. The zero-order chi connectivity index (χ0) is 15.6. The van der Waals surface area contributed by atoms with Crippen LogP contribution in [0.3, 0.4) is 0 Å². The highest BCUT2D eigenvalue weighted by Crippen LogP contribution is 2.53. The zero-order valence-electron chi connectivity index (χ0n) is 11.9. The van der Waals surface area contributed by atoms with Gasteiger partial charge in [0.1, 0.15) is 0 Å². The summed E-state index contributed by atoms with van der Waals surface area (Å²) in [5, 5.41) is 11.0. The van der Waals surface area contributed by atoms with Crippen molar-refractivity contribution in [2.24, 2.45) is 23.7 Å². The van der Waals surface area contributed by atoms with Gasteiger partial charge in [-0.2, -0.15) is 0 Å². The summed E-state index contributed by atoms with van der Waals surface area (Å²) in [6, 6.07) is 4.28. The van der Waals surface area contributed by atoms with Crippen molar-refractivity contribution in [3.63, 3.8) is 0 Å². The van der Waals surface area contributed by atoms with Gasteiger partial charge in [0.2, 0.25) is 11.8 Å². The van der Waals surface area contributed by atoms with Crippen LogP contribution in [0.5, 0.6) is 0 Å². The van der Waals surface area contributed by atoms with Gasteiger partial charge in [-0.1, -0.05) is 18.2 Å². The molecule has 112 valence electrons. The Labute approximate surface area is 126 Å². The zero-order valence-corrected chi connectivity index (χ0v) is 11.9. The number of allylic oxidation sites excluding steroid dienone is 2. The largest absolute Gasteiger partial charge is 0.274 e. The lowest BCUT2D eigenvalue weighted by Crippen LogP contribution is -2.33. The highest BCUT2D eigenvalue weighted by atomic mass is 16.6. The highest BCUT2D eigenvalue weighted by Gasteiger charge is 2.59. The number of anilines is 1. The van der Waals surface area contributed by atoms with E-state index in [-0.39, 0.29) is 41.2 Å². The van der Waals surface area contributed by atoms with Crippen molar-refractivity contribution >= 4 is 23.2 Å². The maximum atomic E-state index is 12.7. The highest BCUT2D eigenvalue weighted by molar-refractivity contribution is 6.23. The molecule has 1 heterocycles. The van der Waals surface area contributed by atoms with Crippen molar-refractivity contribution in [1.29, 1.82) is 0 Å². The van der Waals surface area contributed by atoms with Crippen LogP contribution in [0.4, 0.5) is 11.4 Å². The lowest BCUT2D eigenvalue weighted by molar-refractivity contribution is -0.384. The minimum Gasteiger partial charge on any atom is -0.274 e. The maximum Gasteiger partial charge on any atom is 0.271 e. The van der Waals surface area contributed by atoms with Gasteiger partial charge < -0.3 is 0 Å². The maximum absolute atomic E-state index is 12.7. The molecule has 4 rings (SSSR count). The Morgan fingerprint density at radius 3 is 2.27 bits per heavy atom. The molecule has 0 radical (unpaired) electrons. The molecule has 6 heteroatoms. The second kappa shape index (κ2) is 4.25. The summed E-state index contributed by atoms with van der Waals surface area (Å²) >= 11 is 0. The third kappa shape index (κ3) is 1.55. The second-order valence-electron chi connectivity index (χ2n) is 6.24. The number of aryl methyl sites for hydroxylation is 1. The lowest BCUT2D eigenvalue weighted by Gasteiger charge is -2.19. The molecule has 6 nitrogen and oxygen atoms in total. The molecule has 22 heavy (non-hydrogen) atoms. The molecule has 3 aliphatic rings. The Morgan fingerprint density at radius 1 is 1.14 bits per heavy atom. The van der Waals surface area contributed by atoms with Crippen molar-refractivity contribution in [1.82, 2.24) is 0 Å². The fraction of sp³-hybridized carbons (Fsp3) is 0.375. The van der Waals surface area contributed by atoms with Crippen LogP contribution in [0.25, 0.3) is 0 Å². The summed E-state index contributed by atoms with van der Waals surface area (Å²) < 4.78 is 0. The van der Waals surface area contributed by atoms with Crippen molar-refractivity contribution < 1.29 is 14.5 Å². The van der Waals surface area contributed by atoms with Crippen LogP contribution < -0.4 is 4.90 Å². The minimum absolute atomic E-state index is 0.112. The van der Waals surface area contributed by atoms with E-state index >= 15 is 0 Å². The van der Waals surface area contributed by atoms with E-state index in [1.165, 1.54) is 17.0 Å². The first-order chi connectivity index (χ1) is 10.5. The molecule has 2 amide bonds. The van der Waals surface area contributed by atoms with Gasteiger partial charge in [-0.15, -0.1) is 0 Å². The first-order valence-electron chi connectivity index (χ1n) is 7.30. The van der Waals surface area contributed by atoms with Crippen molar-refractivity contribution in [3.8, 4) is 0 Å². The summed E-state index contributed by atoms with van der Waals surface area (Å²) in [4.78, 5) is 37.1. The molecule has 4 atom stereocenters. The summed E-state index contributed by atoms with van der Waals surface area (Å²) in [7, 11) is 0. The molecule has 0 aromatic heterocycles. The van der Waals surface area contributed by atoms with Crippen LogP contribution in [0, 0.1) is 40.7 Å². The number of hydrogen-bond donors (Lipinski definition) is 0. The molecule has 0 unspecified atom stereocenters. The fourth-order valence-electron chi connectivity index (χ4n) is 4.09. The molecule has 0 spiro atoms. The Kier molecular flexibility index (Phi) is 2.55. The molecule has 2 aliphatic carbocycles. The van der Waals surface area contributed by atoms with Gasteiger partial charge in [0.15, 0.2) is 0 Å². The van der Waals surface area contributed by atoms with Crippen molar-refractivity contribution in [2.45, 2.75) is 13.3 Å². The summed E-state index contributed by atoms with van der Waals surface area (Å²) in [6.07, 6.45) is 4.93. The monoisotopic (exact) mass is 298 g/mol. The quantitative estimate of drug-likeness (QED) is 0.363. The second-order valence-corrected chi connectivity index (χ2v) is 6.24. The van der Waals surface area contributed by atoms with E-state index in [4.69, 9.17) is 0 Å². The number of carbonyl (C=O) groups excluding carboxylic acids is 2. The summed E-state index contributed by atoms with van der Waals surface area (Å²) in [5.41, 5.74) is 0.921. The molecule has 0 N–H and O–H groups in total. The van der Waals surface area contributed by atoms with E-state index in [9.17, 15) is 19.7 Å². The van der Waals surface area contributed by atoms with Gasteiger partial charge >= 0.3 is 0 Å². The van der Waals surface area contributed by atoms with Crippen molar-refractivity contribution in [3.05, 3.63) is 46.0 Å². The first kappa shape index (κ1) is 13.2. The molecule has 2 bridgehead atoms. The number of nitro groups is 1. The van der Waals surface area contributed by atoms with Gasteiger partial charge in [0.25, 0.3) is 5.69 Å². The topological polar surface area (TPSA) is 80.5 Å². The molecule has 1 aromatic rings. The predicted molar refractivity (Wildman–Crippen MR) is 78.0 cm³/mol. The van der Waals surface area contributed by atoms with E-state index in [1.807, 2.05) is 12.2 Å². The number of hydrogen-bond acceptors (Lipinski definition) is 4. The van der Waals surface area contributed by atoms with Crippen LogP contribution in [0.2, 0.25) is 0 Å². The van der Waals surface area contributed by atoms with Crippen LogP contribution in [-0.2, 0) is 9.59 Å². The number of amides is 2. The average molecular weight is 298 g/mol. The third-order valence-corrected chi connectivity index (χ3v) is 5.11. The van der Waals surface area contributed by atoms with E-state index < -0.39 is 4.92 Å². The van der Waals surface area contributed by atoms with Crippen molar-refractivity contribution in [2.75, 3.05) is 4.90 Å². The van der Waals surface area contributed by atoms with Crippen LogP contribution in [0.15, 0.2) is 30.4 Å². The Hall–Kier alpha value is -2.50. The number of rotatable bonds is 2.